The summed E-state index contributed by atoms with van der Waals surface area (Å²) >= 11 is 0. The molecule has 1 aromatic heterocycles. The van der Waals surface area contributed by atoms with Crippen LogP contribution in [0.4, 0.5) is 5.69 Å². The van der Waals surface area contributed by atoms with E-state index in [1.807, 2.05) is 44.2 Å². The molecule has 0 fully saturated rings. The zero-order chi connectivity index (χ0) is 19.1. The number of H-pyrrole nitrogens is 1. The van der Waals surface area contributed by atoms with Crippen LogP contribution in [0.3, 0.4) is 0 Å². The molecule has 1 aliphatic heterocycles. The zero-order valence-corrected chi connectivity index (χ0v) is 14.9. The monoisotopic (exact) mass is 359 g/mol. The van der Waals surface area contributed by atoms with Gasteiger partial charge in [-0.05, 0) is 43.7 Å². The van der Waals surface area contributed by atoms with Crippen LogP contribution in [0, 0.1) is 6.92 Å². The Morgan fingerprint density at radius 1 is 1.07 bits per heavy atom. The van der Waals surface area contributed by atoms with Gasteiger partial charge in [-0.25, -0.2) is 9.36 Å². The van der Waals surface area contributed by atoms with E-state index in [1.165, 1.54) is 0 Å². The third-order valence-electron chi connectivity index (χ3n) is 4.54. The van der Waals surface area contributed by atoms with Crippen LogP contribution in [0.25, 0.3) is 17.3 Å². The molecule has 0 spiro atoms. The van der Waals surface area contributed by atoms with E-state index in [1.54, 1.807) is 24.3 Å². The molecule has 2 N–H and O–H groups in total. The highest BCUT2D eigenvalue weighted by molar-refractivity contribution is 6.31. The maximum absolute atomic E-state index is 12.4. The number of benzene rings is 2. The van der Waals surface area contributed by atoms with E-state index >= 15 is 0 Å². The first-order valence-corrected chi connectivity index (χ1v) is 8.48. The van der Waals surface area contributed by atoms with Crippen LogP contribution in [0.1, 0.15) is 23.6 Å². The van der Waals surface area contributed by atoms with Crippen LogP contribution in [0.5, 0.6) is 5.88 Å². The number of para-hydroxylation sites is 1. The highest BCUT2D eigenvalue weighted by atomic mass is 16.3. The SMILES string of the molecule is CC1=Nc2ccccc2/C1=C/c1c(O)n(-c2cccc(C)c2)c(=O)[nH]c1=O. The fourth-order valence-corrected chi connectivity index (χ4v) is 3.24. The molecule has 6 heteroatoms. The van der Waals surface area contributed by atoms with Crippen molar-refractivity contribution < 1.29 is 5.11 Å². The van der Waals surface area contributed by atoms with Gasteiger partial charge in [0.2, 0.25) is 5.88 Å². The van der Waals surface area contributed by atoms with Gasteiger partial charge in [-0.1, -0.05) is 30.3 Å². The Balaban J connectivity index is 1.96. The van der Waals surface area contributed by atoms with E-state index in [0.29, 0.717) is 5.69 Å². The van der Waals surface area contributed by atoms with Gasteiger partial charge in [-0.15, -0.1) is 0 Å². The first-order valence-electron chi connectivity index (χ1n) is 8.48. The lowest BCUT2D eigenvalue weighted by atomic mass is 10.0. The smallest absolute Gasteiger partial charge is 0.335 e. The Bertz CT molecular complexity index is 1250. The van der Waals surface area contributed by atoms with Crippen LogP contribution in [-0.2, 0) is 0 Å². The fourth-order valence-electron chi connectivity index (χ4n) is 3.24. The molecule has 0 unspecified atom stereocenters. The quantitative estimate of drug-likeness (QED) is 0.737. The van der Waals surface area contributed by atoms with Crippen LogP contribution >= 0.6 is 0 Å². The summed E-state index contributed by atoms with van der Waals surface area (Å²) in [4.78, 5) is 31.5. The molecule has 3 aromatic rings. The van der Waals surface area contributed by atoms with Crippen molar-refractivity contribution >= 4 is 23.0 Å². The molecule has 134 valence electrons. The highest BCUT2D eigenvalue weighted by Crippen LogP contribution is 2.36. The van der Waals surface area contributed by atoms with Crippen LogP contribution in [0.15, 0.2) is 63.1 Å². The molecule has 6 nitrogen and oxygen atoms in total. The van der Waals surface area contributed by atoms with Crippen molar-refractivity contribution in [2.75, 3.05) is 0 Å². The van der Waals surface area contributed by atoms with E-state index in [2.05, 4.69) is 9.98 Å². The number of nitrogens with zero attached hydrogens (tertiary/aromatic N) is 2. The summed E-state index contributed by atoms with van der Waals surface area (Å²) in [7, 11) is 0. The zero-order valence-electron chi connectivity index (χ0n) is 14.9. The molecule has 0 atom stereocenters. The number of allylic oxidation sites excluding steroid dienone is 1. The molecule has 2 aromatic carbocycles. The Hall–Kier alpha value is -3.67. The molecular formula is C21H17N3O3. The normalized spacial score (nSPS) is 14.3. The Labute approximate surface area is 154 Å². The molecule has 0 aliphatic carbocycles. The summed E-state index contributed by atoms with van der Waals surface area (Å²) in [6.07, 6.45) is 1.57. The molecule has 0 saturated carbocycles. The minimum absolute atomic E-state index is 0.0114. The lowest BCUT2D eigenvalue weighted by Gasteiger charge is -2.11. The maximum atomic E-state index is 12.4. The summed E-state index contributed by atoms with van der Waals surface area (Å²) in [6.45, 7) is 3.73. The average Bonchev–Trinajstić information content (AvgIpc) is 2.93. The van der Waals surface area contributed by atoms with Crippen molar-refractivity contribution in [2.24, 2.45) is 4.99 Å². The molecule has 0 saturated heterocycles. The maximum Gasteiger partial charge on any atom is 0.335 e. The van der Waals surface area contributed by atoms with Gasteiger partial charge in [0.15, 0.2) is 0 Å². The number of aryl methyl sites for hydroxylation is 1. The van der Waals surface area contributed by atoms with Crippen molar-refractivity contribution in [1.82, 2.24) is 9.55 Å². The number of nitrogens with one attached hydrogen (secondary N) is 1. The first kappa shape index (κ1) is 16.8. The van der Waals surface area contributed by atoms with Crippen molar-refractivity contribution in [3.8, 4) is 11.6 Å². The summed E-state index contributed by atoms with van der Waals surface area (Å²) in [5.41, 5.74) is 3.24. The number of fused-ring (bicyclic) bond motifs is 1. The molecule has 27 heavy (non-hydrogen) atoms. The summed E-state index contributed by atoms with van der Waals surface area (Å²) in [5.74, 6) is -0.404. The van der Waals surface area contributed by atoms with Crippen LogP contribution < -0.4 is 11.2 Å². The summed E-state index contributed by atoms with van der Waals surface area (Å²) in [5, 5.41) is 10.7. The highest BCUT2D eigenvalue weighted by Gasteiger charge is 2.20. The van der Waals surface area contributed by atoms with E-state index in [0.717, 1.165) is 32.7 Å². The van der Waals surface area contributed by atoms with Gasteiger partial charge < -0.3 is 5.11 Å². The minimum Gasteiger partial charge on any atom is -0.494 e. The lowest BCUT2D eigenvalue weighted by Crippen LogP contribution is -2.30. The van der Waals surface area contributed by atoms with Gasteiger partial charge in [0, 0.05) is 16.8 Å². The third kappa shape index (κ3) is 2.81. The van der Waals surface area contributed by atoms with Gasteiger partial charge >= 0.3 is 5.69 Å². The predicted molar refractivity (Wildman–Crippen MR) is 106 cm³/mol. The number of rotatable bonds is 2. The first-order chi connectivity index (χ1) is 13.0. The van der Waals surface area contributed by atoms with E-state index in [-0.39, 0.29) is 5.56 Å². The second kappa shape index (κ2) is 6.25. The summed E-state index contributed by atoms with van der Waals surface area (Å²) in [6, 6.07) is 14.7. The topological polar surface area (TPSA) is 87.4 Å². The van der Waals surface area contributed by atoms with Crippen molar-refractivity contribution in [3.05, 3.63) is 86.1 Å². The molecular weight excluding hydrogens is 342 g/mol. The van der Waals surface area contributed by atoms with Gasteiger partial charge in [-0.2, -0.15) is 0 Å². The number of aromatic amines is 1. The Morgan fingerprint density at radius 2 is 1.85 bits per heavy atom. The number of aromatic nitrogens is 2. The molecule has 0 amide bonds. The second-order valence-corrected chi connectivity index (χ2v) is 6.44. The number of aromatic hydroxyl groups is 1. The van der Waals surface area contributed by atoms with Crippen molar-refractivity contribution in [3.63, 3.8) is 0 Å². The van der Waals surface area contributed by atoms with Gasteiger partial charge in [-0.3, -0.25) is 14.8 Å². The Kier molecular flexibility index (Phi) is 3.88. The van der Waals surface area contributed by atoms with Gasteiger partial charge in [0.05, 0.1) is 11.4 Å². The minimum atomic E-state index is -0.692. The molecule has 1 aliphatic rings. The van der Waals surface area contributed by atoms with E-state index in [4.69, 9.17) is 0 Å². The van der Waals surface area contributed by atoms with Crippen molar-refractivity contribution in [2.45, 2.75) is 13.8 Å². The molecule has 0 bridgehead atoms. The van der Waals surface area contributed by atoms with Gasteiger partial charge in [0.25, 0.3) is 5.56 Å². The lowest BCUT2D eigenvalue weighted by molar-refractivity contribution is 0.429. The molecule has 0 radical (unpaired) electrons. The molecule has 2 heterocycles. The summed E-state index contributed by atoms with van der Waals surface area (Å²) < 4.78 is 1.09. The largest absolute Gasteiger partial charge is 0.494 e. The van der Waals surface area contributed by atoms with Crippen LogP contribution in [0.2, 0.25) is 0 Å². The number of hydrogen-bond acceptors (Lipinski definition) is 4. The fraction of sp³-hybridized carbons (Fsp3) is 0.0952. The van der Waals surface area contributed by atoms with Crippen LogP contribution in [-0.4, -0.2) is 20.4 Å². The van der Waals surface area contributed by atoms with E-state index < -0.39 is 17.1 Å². The Morgan fingerprint density at radius 3 is 2.63 bits per heavy atom. The second-order valence-electron chi connectivity index (χ2n) is 6.44. The molecule has 4 rings (SSSR count). The number of hydrogen-bond donors (Lipinski definition) is 2. The van der Waals surface area contributed by atoms with E-state index in [9.17, 15) is 14.7 Å². The number of aliphatic imine (C=N–C) groups is 1. The predicted octanol–water partition coefficient (Wildman–Crippen LogP) is 3.19. The average molecular weight is 359 g/mol. The van der Waals surface area contributed by atoms with Crippen molar-refractivity contribution in [1.29, 1.82) is 0 Å². The van der Waals surface area contributed by atoms with Gasteiger partial charge in [0.1, 0.15) is 5.56 Å². The standard InChI is InChI=1S/C21H17N3O3/c1-12-6-5-7-14(10-12)24-20(26)17(19(25)23-21(24)27)11-16-13(2)22-18-9-4-3-8-15(16)18/h3-11,26H,1-2H3,(H,23,25,27)/b16-11+. The third-order valence-corrected chi connectivity index (χ3v) is 4.54.